The third-order valence-corrected chi connectivity index (χ3v) is 3.84. The summed E-state index contributed by atoms with van der Waals surface area (Å²) in [5.74, 6) is 0.414. The van der Waals surface area contributed by atoms with Gasteiger partial charge in [-0.15, -0.1) is 0 Å². The van der Waals surface area contributed by atoms with Crippen molar-refractivity contribution < 1.29 is 14.3 Å². The minimum atomic E-state index is -0.619. The molecule has 0 saturated heterocycles. The second-order valence-corrected chi connectivity index (χ2v) is 7.16. The zero-order valence-electron chi connectivity index (χ0n) is 15.2. The minimum Gasteiger partial charge on any atom is -0.493 e. The molecule has 0 heterocycles. The fourth-order valence-electron chi connectivity index (χ4n) is 2.09. The van der Waals surface area contributed by atoms with Crippen molar-refractivity contribution in [3.63, 3.8) is 0 Å². The Morgan fingerprint density at radius 2 is 1.77 bits per heavy atom. The molecule has 2 rings (SSSR count). The summed E-state index contributed by atoms with van der Waals surface area (Å²) in [6, 6.07) is 14.4. The molecule has 0 unspecified atom stereocenters. The largest absolute Gasteiger partial charge is 0.493 e. The summed E-state index contributed by atoms with van der Waals surface area (Å²) >= 11 is 5.89. The number of carbonyl (C=O) groups is 1. The van der Waals surface area contributed by atoms with Crippen LogP contribution in [0.1, 0.15) is 31.9 Å². The Labute approximate surface area is 158 Å². The number of ether oxygens (including phenoxy) is 2. The molecule has 0 radical (unpaired) electrons. The summed E-state index contributed by atoms with van der Waals surface area (Å²) < 4.78 is 10.8. The van der Waals surface area contributed by atoms with Gasteiger partial charge in [0.1, 0.15) is 0 Å². The number of halogens is 1. The van der Waals surface area contributed by atoms with Gasteiger partial charge >= 0.3 is 5.97 Å². The van der Waals surface area contributed by atoms with Gasteiger partial charge in [-0.25, -0.2) is 0 Å². The molecule has 2 aromatic carbocycles. The zero-order chi connectivity index (χ0) is 19.3. The molecule has 0 aromatic heterocycles. The van der Waals surface area contributed by atoms with Gasteiger partial charge in [-0.05, 0) is 62.2 Å². The van der Waals surface area contributed by atoms with Gasteiger partial charge in [-0.1, -0.05) is 29.8 Å². The van der Waals surface area contributed by atoms with Crippen molar-refractivity contribution in [1.82, 2.24) is 0 Å². The van der Waals surface area contributed by atoms with Gasteiger partial charge in [0.15, 0.2) is 11.5 Å². The summed E-state index contributed by atoms with van der Waals surface area (Å²) in [5.41, 5.74) is 1.39. The molecule has 4 nitrogen and oxygen atoms in total. The lowest BCUT2D eigenvalue weighted by Gasteiger charge is -2.17. The quantitative estimate of drug-likeness (QED) is 0.315. The monoisotopic (exact) mass is 369 g/mol. The Balaban J connectivity index is 2.34. The highest BCUT2D eigenvalue weighted by atomic mass is 35.5. The van der Waals surface area contributed by atoms with Crippen LogP contribution in [0.2, 0.25) is 5.02 Å². The van der Waals surface area contributed by atoms with Crippen LogP contribution in [0.3, 0.4) is 0 Å². The molecule has 0 bridgehead atoms. The Kier molecular flexibility index (Phi) is 6.07. The lowest BCUT2D eigenvalue weighted by Crippen LogP contribution is -2.25. The number of nitrogens with zero attached hydrogens (tertiary/aromatic N) is 1. The van der Waals surface area contributed by atoms with E-state index in [2.05, 4.69) is 6.07 Å². The van der Waals surface area contributed by atoms with Crippen LogP contribution < -0.4 is 9.47 Å². The average molecular weight is 370 g/mol. The van der Waals surface area contributed by atoms with E-state index in [4.69, 9.17) is 21.1 Å². The Bertz CT molecular complexity index is 872. The van der Waals surface area contributed by atoms with Gasteiger partial charge in [0, 0.05) is 5.02 Å². The molecule has 134 valence electrons. The number of hydrogen-bond acceptors (Lipinski definition) is 4. The van der Waals surface area contributed by atoms with Gasteiger partial charge in [0.05, 0.1) is 24.2 Å². The summed E-state index contributed by atoms with van der Waals surface area (Å²) in [6.45, 7) is 5.35. The summed E-state index contributed by atoms with van der Waals surface area (Å²) in [7, 11) is 1.50. The summed E-state index contributed by atoms with van der Waals surface area (Å²) in [5, 5.41) is 10.1. The number of esters is 1. The molecular weight excluding hydrogens is 350 g/mol. The lowest BCUT2D eigenvalue weighted by molar-refractivity contribution is -0.143. The van der Waals surface area contributed by atoms with E-state index in [1.807, 2.05) is 0 Å². The molecule has 26 heavy (non-hydrogen) atoms. The van der Waals surface area contributed by atoms with Gasteiger partial charge in [-0.2, -0.15) is 5.26 Å². The van der Waals surface area contributed by atoms with Crippen molar-refractivity contribution in [2.24, 2.45) is 5.41 Å². The number of hydrogen-bond donors (Lipinski definition) is 0. The normalized spacial score (nSPS) is 11.6. The second-order valence-electron chi connectivity index (χ2n) is 6.73. The number of rotatable bonds is 4. The molecular formula is C21H20ClNO3. The van der Waals surface area contributed by atoms with Crippen LogP contribution >= 0.6 is 11.6 Å². The van der Waals surface area contributed by atoms with E-state index in [0.717, 1.165) is 11.1 Å². The van der Waals surface area contributed by atoms with E-state index in [0.29, 0.717) is 22.1 Å². The average Bonchev–Trinajstić information content (AvgIpc) is 2.60. The van der Waals surface area contributed by atoms with Crippen LogP contribution in [0.15, 0.2) is 42.5 Å². The molecule has 0 aliphatic carbocycles. The predicted octanol–water partition coefficient (Wildman–Crippen LogP) is 5.36. The first-order valence-corrected chi connectivity index (χ1v) is 8.40. The fraction of sp³-hybridized carbons (Fsp3) is 0.238. The maximum absolute atomic E-state index is 12.1. The highest BCUT2D eigenvalue weighted by Crippen LogP contribution is 2.31. The van der Waals surface area contributed by atoms with Crippen LogP contribution in [0, 0.1) is 16.7 Å². The van der Waals surface area contributed by atoms with E-state index >= 15 is 0 Å². The highest BCUT2D eigenvalue weighted by molar-refractivity contribution is 6.30. The van der Waals surface area contributed by atoms with Crippen LogP contribution in [0.4, 0.5) is 0 Å². The SMILES string of the molecule is COc1cc(C=C(C#N)c2ccc(Cl)cc2)ccc1OC(=O)C(C)(C)C. The number of methoxy groups -OCH3 is 1. The molecule has 0 saturated carbocycles. The van der Waals surface area contributed by atoms with Gasteiger partial charge in [-0.3, -0.25) is 4.79 Å². The zero-order valence-corrected chi connectivity index (χ0v) is 15.9. The van der Waals surface area contributed by atoms with Crippen molar-refractivity contribution in [3.05, 3.63) is 58.6 Å². The van der Waals surface area contributed by atoms with Gasteiger partial charge in [0.2, 0.25) is 0 Å². The molecule has 0 spiro atoms. The van der Waals surface area contributed by atoms with E-state index in [9.17, 15) is 10.1 Å². The molecule has 0 N–H and O–H groups in total. The van der Waals surface area contributed by atoms with Crippen LogP contribution in [0.25, 0.3) is 11.6 Å². The second kappa shape index (κ2) is 8.07. The van der Waals surface area contributed by atoms with Gasteiger partial charge in [0.25, 0.3) is 0 Å². The smallest absolute Gasteiger partial charge is 0.316 e. The number of nitriles is 1. The predicted molar refractivity (Wildman–Crippen MR) is 103 cm³/mol. The van der Waals surface area contributed by atoms with Crippen molar-refractivity contribution in [3.8, 4) is 17.6 Å². The number of allylic oxidation sites excluding steroid dienone is 1. The van der Waals surface area contributed by atoms with E-state index in [1.165, 1.54) is 7.11 Å². The highest BCUT2D eigenvalue weighted by Gasteiger charge is 2.24. The first-order chi connectivity index (χ1) is 12.2. The van der Waals surface area contributed by atoms with Crippen LogP contribution in [-0.2, 0) is 4.79 Å². The standard InChI is InChI=1S/C21H20ClNO3/c1-21(2,3)20(24)26-18-10-5-14(12-19(18)25-4)11-16(13-23)15-6-8-17(22)9-7-15/h5-12H,1-4H3. The third kappa shape index (κ3) is 4.87. The van der Waals surface area contributed by atoms with Crippen molar-refractivity contribution >= 4 is 29.2 Å². The van der Waals surface area contributed by atoms with Crippen LogP contribution in [0.5, 0.6) is 11.5 Å². The molecule has 0 aliphatic rings. The summed E-state index contributed by atoms with van der Waals surface area (Å²) in [4.78, 5) is 12.1. The van der Waals surface area contributed by atoms with Crippen molar-refractivity contribution in [2.45, 2.75) is 20.8 Å². The third-order valence-electron chi connectivity index (χ3n) is 3.59. The first-order valence-electron chi connectivity index (χ1n) is 8.02. The molecule has 0 aliphatic heterocycles. The molecule has 5 heteroatoms. The fourth-order valence-corrected chi connectivity index (χ4v) is 2.21. The molecule has 0 amide bonds. The van der Waals surface area contributed by atoms with E-state index in [-0.39, 0.29) is 5.97 Å². The molecule has 0 atom stereocenters. The van der Waals surface area contributed by atoms with Crippen molar-refractivity contribution in [1.29, 1.82) is 5.26 Å². The molecule has 2 aromatic rings. The number of carbonyl (C=O) groups excluding carboxylic acids is 1. The molecule has 0 fully saturated rings. The Morgan fingerprint density at radius 1 is 1.12 bits per heavy atom. The van der Waals surface area contributed by atoms with Gasteiger partial charge < -0.3 is 9.47 Å². The first kappa shape index (κ1) is 19.6. The number of benzene rings is 2. The van der Waals surface area contributed by atoms with Crippen molar-refractivity contribution in [2.75, 3.05) is 7.11 Å². The Morgan fingerprint density at radius 3 is 2.31 bits per heavy atom. The maximum Gasteiger partial charge on any atom is 0.316 e. The van der Waals surface area contributed by atoms with E-state index < -0.39 is 5.41 Å². The Hall–Kier alpha value is -2.77. The summed E-state index contributed by atoms with van der Waals surface area (Å²) in [6.07, 6.45) is 1.74. The van der Waals surface area contributed by atoms with Crippen LogP contribution in [-0.4, -0.2) is 13.1 Å². The minimum absolute atomic E-state index is 0.342. The van der Waals surface area contributed by atoms with E-state index in [1.54, 1.807) is 69.3 Å². The lowest BCUT2D eigenvalue weighted by atomic mass is 9.97. The maximum atomic E-state index is 12.1. The topological polar surface area (TPSA) is 59.3 Å².